The van der Waals surface area contributed by atoms with E-state index in [4.69, 9.17) is 9.15 Å². The van der Waals surface area contributed by atoms with Crippen LogP contribution in [0.4, 0.5) is 0 Å². The van der Waals surface area contributed by atoms with Crippen molar-refractivity contribution in [3.05, 3.63) is 54.0 Å². The molecule has 5 nitrogen and oxygen atoms in total. The fourth-order valence-corrected chi connectivity index (χ4v) is 1.42. The van der Waals surface area contributed by atoms with Gasteiger partial charge in [0.25, 0.3) is 5.91 Å². The van der Waals surface area contributed by atoms with Gasteiger partial charge in [-0.05, 0) is 24.6 Å². The van der Waals surface area contributed by atoms with Crippen LogP contribution in [-0.4, -0.2) is 18.7 Å². The SMILES string of the molecule is Cc1ccccc1OCC(=O)N/N=C/c1ccoc1. The number of hydrogen-bond acceptors (Lipinski definition) is 4. The van der Waals surface area contributed by atoms with Crippen molar-refractivity contribution >= 4 is 12.1 Å². The van der Waals surface area contributed by atoms with Crippen LogP contribution in [0.5, 0.6) is 5.75 Å². The van der Waals surface area contributed by atoms with E-state index in [1.165, 1.54) is 18.7 Å². The van der Waals surface area contributed by atoms with E-state index in [1.54, 1.807) is 6.07 Å². The first-order valence-electron chi connectivity index (χ1n) is 5.78. The number of nitrogens with zero attached hydrogens (tertiary/aromatic N) is 1. The zero-order valence-corrected chi connectivity index (χ0v) is 10.5. The van der Waals surface area contributed by atoms with Crippen LogP contribution in [0, 0.1) is 6.92 Å². The Balaban J connectivity index is 1.78. The van der Waals surface area contributed by atoms with Crippen LogP contribution in [0.3, 0.4) is 0 Å². The van der Waals surface area contributed by atoms with E-state index in [9.17, 15) is 4.79 Å². The maximum absolute atomic E-state index is 11.5. The summed E-state index contributed by atoms with van der Waals surface area (Å²) in [6.45, 7) is 1.85. The van der Waals surface area contributed by atoms with Gasteiger partial charge in [-0.25, -0.2) is 5.43 Å². The number of hydrazone groups is 1. The average Bonchev–Trinajstić information content (AvgIpc) is 2.91. The third-order valence-electron chi connectivity index (χ3n) is 2.40. The van der Waals surface area contributed by atoms with E-state index >= 15 is 0 Å². The molecule has 2 aromatic rings. The molecule has 5 heteroatoms. The summed E-state index contributed by atoms with van der Waals surface area (Å²) in [4.78, 5) is 11.5. The van der Waals surface area contributed by atoms with Crippen LogP contribution in [0.15, 0.2) is 52.4 Å². The molecule has 0 saturated heterocycles. The summed E-state index contributed by atoms with van der Waals surface area (Å²) >= 11 is 0. The van der Waals surface area contributed by atoms with E-state index in [0.29, 0.717) is 5.75 Å². The first kappa shape index (κ1) is 12.9. The summed E-state index contributed by atoms with van der Waals surface area (Å²) in [5.41, 5.74) is 4.14. The maximum atomic E-state index is 11.5. The molecule has 0 aliphatic carbocycles. The lowest BCUT2D eigenvalue weighted by atomic mass is 10.2. The molecule has 98 valence electrons. The number of hydrogen-bond donors (Lipinski definition) is 1. The molecule has 0 aliphatic heterocycles. The second-order valence-electron chi connectivity index (χ2n) is 3.90. The normalized spacial score (nSPS) is 10.6. The molecule has 2 rings (SSSR count). The van der Waals surface area contributed by atoms with Gasteiger partial charge >= 0.3 is 0 Å². The highest BCUT2D eigenvalue weighted by molar-refractivity contribution is 5.82. The van der Waals surface area contributed by atoms with Crippen LogP contribution in [-0.2, 0) is 4.79 Å². The fourth-order valence-electron chi connectivity index (χ4n) is 1.42. The Morgan fingerprint density at radius 2 is 2.26 bits per heavy atom. The van der Waals surface area contributed by atoms with Gasteiger partial charge in [-0.3, -0.25) is 4.79 Å². The highest BCUT2D eigenvalue weighted by Crippen LogP contribution is 2.15. The fraction of sp³-hybridized carbons (Fsp3) is 0.143. The number of benzene rings is 1. The molecule has 19 heavy (non-hydrogen) atoms. The molecule has 0 saturated carbocycles. The highest BCUT2D eigenvalue weighted by atomic mass is 16.5. The highest BCUT2D eigenvalue weighted by Gasteiger charge is 2.02. The summed E-state index contributed by atoms with van der Waals surface area (Å²) in [7, 11) is 0. The van der Waals surface area contributed by atoms with Crippen LogP contribution in [0.2, 0.25) is 0 Å². The Labute approximate surface area is 110 Å². The van der Waals surface area contributed by atoms with E-state index in [1.807, 2.05) is 31.2 Å². The van der Waals surface area contributed by atoms with Crippen LogP contribution in [0.25, 0.3) is 0 Å². The number of carbonyl (C=O) groups is 1. The van der Waals surface area contributed by atoms with Crippen LogP contribution < -0.4 is 10.2 Å². The molecule has 1 N–H and O–H groups in total. The lowest BCUT2D eigenvalue weighted by Gasteiger charge is -2.07. The number of para-hydroxylation sites is 1. The smallest absolute Gasteiger partial charge is 0.277 e. The van der Waals surface area contributed by atoms with Crippen molar-refractivity contribution in [2.24, 2.45) is 5.10 Å². The summed E-state index contributed by atoms with van der Waals surface area (Å²) in [5.74, 6) is 0.375. The maximum Gasteiger partial charge on any atom is 0.277 e. The average molecular weight is 258 g/mol. The Hall–Kier alpha value is -2.56. The molecule has 1 heterocycles. The zero-order chi connectivity index (χ0) is 13.5. The third kappa shape index (κ3) is 3.99. The molecule has 0 spiro atoms. The Morgan fingerprint density at radius 3 is 3.00 bits per heavy atom. The van der Waals surface area contributed by atoms with Crippen LogP contribution >= 0.6 is 0 Å². The third-order valence-corrected chi connectivity index (χ3v) is 2.40. The van der Waals surface area contributed by atoms with Gasteiger partial charge in [-0.15, -0.1) is 0 Å². The van der Waals surface area contributed by atoms with E-state index in [2.05, 4.69) is 10.5 Å². The second kappa shape index (κ2) is 6.39. The van der Waals surface area contributed by atoms with Crippen molar-refractivity contribution in [3.63, 3.8) is 0 Å². The van der Waals surface area contributed by atoms with Gasteiger partial charge in [0.05, 0.1) is 18.7 Å². The van der Waals surface area contributed by atoms with Gasteiger partial charge in [-0.2, -0.15) is 5.10 Å². The van der Waals surface area contributed by atoms with Gasteiger partial charge in [-0.1, -0.05) is 18.2 Å². The second-order valence-corrected chi connectivity index (χ2v) is 3.90. The lowest BCUT2D eigenvalue weighted by molar-refractivity contribution is -0.123. The van der Waals surface area contributed by atoms with Crippen molar-refractivity contribution in [3.8, 4) is 5.75 Å². The summed E-state index contributed by atoms with van der Waals surface area (Å²) in [6, 6.07) is 9.25. The number of ether oxygens (including phenoxy) is 1. The molecule has 0 radical (unpaired) electrons. The standard InChI is InChI=1S/C14H14N2O3/c1-11-4-2-3-5-13(11)19-10-14(17)16-15-8-12-6-7-18-9-12/h2-9H,10H2,1H3,(H,16,17)/b15-8+. The molecular formula is C14H14N2O3. The zero-order valence-electron chi connectivity index (χ0n) is 10.5. The molecule has 0 unspecified atom stereocenters. The predicted molar refractivity (Wildman–Crippen MR) is 71.1 cm³/mol. The Morgan fingerprint density at radius 1 is 1.42 bits per heavy atom. The summed E-state index contributed by atoms with van der Waals surface area (Å²) in [5, 5.41) is 3.78. The largest absolute Gasteiger partial charge is 0.483 e. The number of aryl methyl sites for hydroxylation is 1. The minimum Gasteiger partial charge on any atom is -0.483 e. The number of rotatable bonds is 5. The van der Waals surface area contributed by atoms with E-state index in [0.717, 1.165) is 11.1 Å². The summed E-state index contributed by atoms with van der Waals surface area (Å²) in [6.07, 6.45) is 4.55. The van der Waals surface area contributed by atoms with Crippen LogP contribution in [0.1, 0.15) is 11.1 Å². The van der Waals surface area contributed by atoms with Crippen molar-refractivity contribution in [1.82, 2.24) is 5.43 Å². The molecule has 1 amide bonds. The molecular weight excluding hydrogens is 244 g/mol. The van der Waals surface area contributed by atoms with Gasteiger partial charge in [0, 0.05) is 5.56 Å². The number of nitrogens with one attached hydrogen (secondary N) is 1. The first-order chi connectivity index (χ1) is 9.25. The molecule has 0 bridgehead atoms. The molecule has 0 aliphatic rings. The summed E-state index contributed by atoms with van der Waals surface area (Å²) < 4.78 is 10.2. The topological polar surface area (TPSA) is 63.8 Å². The van der Waals surface area contributed by atoms with Crippen molar-refractivity contribution < 1.29 is 13.9 Å². The monoisotopic (exact) mass is 258 g/mol. The molecule has 0 fully saturated rings. The minimum absolute atomic E-state index is 0.0758. The van der Waals surface area contributed by atoms with Gasteiger partial charge in [0.2, 0.25) is 0 Å². The first-order valence-corrected chi connectivity index (χ1v) is 5.78. The van der Waals surface area contributed by atoms with E-state index in [-0.39, 0.29) is 12.5 Å². The minimum atomic E-state index is -0.317. The van der Waals surface area contributed by atoms with Gasteiger partial charge < -0.3 is 9.15 Å². The predicted octanol–water partition coefficient (Wildman–Crippen LogP) is 2.12. The molecule has 1 aromatic carbocycles. The van der Waals surface area contributed by atoms with E-state index < -0.39 is 0 Å². The van der Waals surface area contributed by atoms with Gasteiger partial charge in [0.15, 0.2) is 6.61 Å². The number of carbonyl (C=O) groups excluding carboxylic acids is 1. The number of amides is 1. The quantitative estimate of drug-likeness (QED) is 0.660. The molecule has 0 atom stereocenters. The molecule has 1 aromatic heterocycles. The Bertz CT molecular complexity index is 562. The van der Waals surface area contributed by atoms with Crippen molar-refractivity contribution in [2.45, 2.75) is 6.92 Å². The van der Waals surface area contributed by atoms with Crippen molar-refractivity contribution in [1.29, 1.82) is 0 Å². The van der Waals surface area contributed by atoms with Crippen molar-refractivity contribution in [2.75, 3.05) is 6.61 Å². The van der Waals surface area contributed by atoms with Gasteiger partial charge in [0.1, 0.15) is 5.75 Å². The Kier molecular flexibility index (Phi) is 4.34. The lowest BCUT2D eigenvalue weighted by Crippen LogP contribution is -2.24. The number of furan rings is 1.